The van der Waals surface area contributed by atoms with E-state index in [1.54, 1.807) is 23.3 Å². The number of anilines is 1. The highest BCUT2D eigenvalue weighted by Gasteiger charge is 2.08. The maximum absolute atomic E-state index is 12.0. The van der Waals surface area contributed by atoms with Crippen LogP contribution in [0.25, 0.3) is 0 Å². The van der Waals surface area contributed by atoms with E-state index >= 15 is 0 Å². The first-order valence-electron chi connectivity index (χ1n) is 6.06. The van der Waals surface area contributed by atoms with Gasteiger partial charge in [0.1, 0.15) is 10.8 Å². The Labute approximate surface area is 124 Å². The van der Waals surface area contributed by atoms with Crippen molar-refractivity contribution in [2.45, 2.75) is 13.0 Å². The molecule has 8 heteroatoms. The van der Waals surface area contributed by atoms with Crippen molar-refractivity contribution < 1.29 is 0 Å². The summed E-state index contributed by atoms with van der Waals surface area (Å²) in [6, 6.07) is 0. The van der Waals surface area contributed by atoms with E-state index in [-0.39, 0.29) is 5.56 Å². The van der Waals surface area contributed by atoms with Gasteiger partial charge < -0.3 is 5.32 Å². The van der Waals surface area contributed by atoms with Gasteiger partial charge in [-0.05, 0) is 15.9 Å². The minimum Gasteiger partial charge on any atom is -0.382 e. The largest absolute Gasteiger partial charge is 0.382 e. The van der Waals surface area contributed by atoms with Crippen molar-refractivity contribution in [3.05, 3.63) is 45.8 Å². The Bertz CT molecular complexity index is 662. The van der Waals surface area contributed by atoms with E-state index in [4.69, 9.17) is 0 Å². The molecule has 0 spiro atoms. The van der Waals surface area contributed by atoms with E-state index in [2.05, 4.69) is 43.0 Å². The summed E-state index contributed by atoms with van der Waals surface area (Å²) in [6.45, 7) is 4.59. The molecule has 0 aliphatic heterocycles. The van der Waals surface area contributed by atoms with Crippen LogP contribution in [0, 0.1) is 0 Å². The first-order valence-corrected chi connectivity index (χ1v) is 6.86. The highest BCUT2D eigenvalue weighted by atomic mass is 79.9. The van der Waals surface area contributed by atoms with Crippen molar-refractivity contribution in [1.29, 1.82) is 0 Å². The van der Waals surface area contributed by atoms with E-state index in [1.165, 1.54) is 4.68 Å². The maximum atomic E-state index is 12.0. The molecule has 0 aromatic carbocycles. The summed E-state index contributed by atoms with van der Waals surface area (Å²) in [5.74, 6) is 0.754. The number of aromatic nitrogens is 5. The molecule has 0 saturated heterocycles. The zero-order valence-corrected chi connectivity index (χ0v) is 12.7. The monoisotopic (exact) mass is 338 g/mol. The standard InChI is InChI=1S/C12H15BrN6O/c1-3-6-19-12(20)11(13)9(7-16-19)14-5-4-10-15-8-18(2)17-10/h3,7-8,14H,1,4-6H2,2H3. The Morgan fingerprint density at radius 2 is 2.35 bits per heavy atom. The van der Waals surface area contributed by atoms with E-state index in [0.29, 0.717) is 29.7 Å². The second-order valence-electron chi connectivity index (χ2n) is 4.16. The molecule has 0 amide bonds. The molecule has 20 heavy (non-hydrogen) atoms. The molecular weight excluding hydrogens is 324 g/mol. The maximum Gasteiger partial charge on any atom is 0.283 e. The SMILES string of the molecule is C=CCn1ncc(NCCc2ncn(C)n2)c(Br)c1=O. The van der Waals surface area contributed by atoms with E-state index in [9.17, 15) is 4.79 Å². The molecule has 2 heterocycles. The minimum absolute atomic E-state index is 0.189. The fourth-order valence-electron chi connectivity index (χ4n) is 1.65. The van der Waals surface area contributed by atoms with Crippen LogP contribution < -0.4 is 10.9 Å². The number of halogens is 1. The molecular formula is C12H15BrN6O. The molecule has 0 radical (unpaired) electrons. The van der Waals surface area contributed by atoms with Crippen molar-refractivity contribution in [2.24, 2.45) is 7.05 Å². The van der Waals surface area contributed by atoms with Crippen molar-refractivity contribution >= 4 is 21.6 Å². The van der Waals surface area contributed by atoms with Crippen LogP contribution in [0.1, 0.15) is 5.82 Å². The van der Waals surface area contributed by atoms with Crippen LogP contribution in [0.5, 0.6) is 0 Å². The molecule has 0 unspecified atom stereocenters. The summed E-state index contributed by atoms with van der Waals surface area (Å²) in [7, 11) is 1.82. The predicted octanol–water partition coefficient (Wildman–Crippen LogP) is 0.975. The second kappa shape index (κ2) is 6.47. The normalized spacial score (nSPS) is 10.5. The minimum atomic E-state index is -0.189. The number of rotatable bonds is 6. The third-order valence-corrected chi connectivity index (χ3v) is 3.36. The molecule has 0 aliphatic rings. The lowest BCUT2D eigenvalue weighted by atomic mass is 10.4. The Hall–Kier alpha value is -1.96. The Kier molecular flexibility index (Phi) is 4.67. The van der Waals surface area contributed by atoms with Crippen LogP contribution in [0.4, 0.5) is 5.69 Å². The van der Waals surface area contributed by atoms with E-state index in [0.717, 1.165) is 5.82 Å². The van der Waals surface area contributed by atoms with Gasteiger partial charge in [0.05, 0.1) is 18.4 Å². The molecule has 1 N–H and O–H groups in total. The van der Waals surface area contributed by atoms with Crippen LogP contribution >= 0.6 is 15.9 Å². The van der Waals surface area contributed by atoms with Gasteiger partial charge >= 0.3 is 0 Å². The first-order chi connectivity index (χ1) is 9.61. The summed E-state index contributed by atoms with van der Waals surface area (Å²) in [5, 5.41) is 11.4. The summed E-state index contributed by atoms with van der Waals surface area (Å²) in [5.41, 5.74) is 0.470. The number of hydrogen-bond acceptors (Lipinski definition) is 5. The van der Waals surface area contributed by atoms with Crippen molar-refractivity contribution in [1.82, 2.24) is 24.5 Å². The number of aryl methyl sites for hydroxylation is 1. The lowest BCUT2D eigenvalue weighted by Crippen LogP contribution is -2.24. The molecule has 0 saturated carbocycles. The number of hydrogen-bond donors (Lipinski definition) is 1. The van der Waals surface area contributed by atoms with Crippen LogP contribution in [0.15, 0.2) is 34.4 Å². The topological polar surface area (TPSA) is 77.6 Å². The van der Waals surface area contributed by atoms with Crippen LogP contribution in [0.2, 0.25) is 0 Å². The third kappa shape index (κ3) is 3.32. The summed E-state index contributed by atoms with van der Waals surface area (Å²) >= 11 is 3.29. The fourth-order valence-corrected chi connectivity index (χ4v) is 2.10. The van der Waals surface area contributed by atoms with Gasteiger partial charge in [-0.25, -0.2) is 9.67 Å². The number of nitrogens with zero attached hydrogens (tertiary/aromatic N) is 5. The van der Waals surface area contributed by atoms with E-state index in [1.807, 2.05) is 7.05 Å². The summed E-state index contributed by atoms with van der Waals surface area (Å²) in [6.07, 6.45) is 5.56. The molecule has 0 aliphatic carbocycles. The van der Waals surface area contributed by atoms with Gasteiger partial charge in [-0.1, -0.05) is 6.08 Å². The molecule has 0 bridgehead atoms. The van der Waals surface area contributed by atoms with Gasteiger partial charge in [-0.2, -0.15) is 10.2 Å². The van der Waals surface area contributed by atoms with E-state index < -0.39 is 0 Å². The molecule has 2 rings (SSSR count). The lowest BCUT2D eigenvalue weighted by molar-refractivity contribution is 0.648. The molecule has 7 nitrogen and oxygen atoms in total. The average Bonchev–Trinajstić information content (AvgIpc) is 2.84. The number of nitrogens with one attached hydrogen (secondary N) is 1. The van der Waals surface area contributed by atoms with Gasteiger partial charge in [0.15, 0.2) is 5.82 Å². The predicted molar refractivity (Wildman–Crippen MR) is 79.6 cm³/mol. The molecule has 0 fully saturated rings. The van der Waals surface area contributed by atoms with Gasteiger partial charge in [0.2, 0.25) is 0 Å². The van der Waals surface area contributed by atoms with Gasteiger partial charge in [0, 0.05) is 20.0 Å². The lowest BCUT2D eigenvalue weighted by Gasteiger charge is -2.08. The van der Waals surface area contributed by atoms with Gasteiger partial charge in [-0.3, -0.25) is 9.48 Å². The van der Waals surface area contributed by atoms with Crippen molar-refractivity contribution in [3.8, 4) is 0 Å². The Morgan fingerprint density at radius 3 is 3.00 bits per heavy atom. The third-order valence-electron chi connectivity index (χ3n) is 2.60. The highest BCUT2D eigenvalue weighted by molar-refractivity contribution is 9.10. The number of allylic oxidation sites excluding steroid dienone is 1. The smallest absolute Gasteiger partial charge is 0.283 e. The highest BCUT2D eigenvalue weighted by Crippen LogP contribution is 2.15. The Balaban J connectivity index is 2.01. The quantitative estimate of drug-likeness (QED) is 0.794. The average molecular weight is 339 g/mol. The van der Waals surface area contributed by atoms with Gasteiger partial charge in [-0.15, -0.1) is 6.58 Å². The van der Waals surface area contributed by atoms with Crippen LogP contribution in [0.3, 0.4) is 0 Å². The fraction of sp³-hybridized carbons (Fsp3) is 0.333. The Morgan fingerprint density at radius 1 is 1.55 bits per heavy atom. The molecule has 2 aromatic heterocycles. The van der Waals surface area contributed by atoms with Gasteiger partial charge in [0.25, 0.3) is 5.56 Å². The van der Waals surface area contributed by atoms with Crippen LogP contribution in [-0.2, 0) is 20.0 Å². The van der Waals surface area contributed by atoms with Crippen molar-refractivity contribution in [2.75, 3.05) is 11.9 Å². The first kappa shape index (κ1) is 14.4. The molecule has 0 atom stereocenters. The molecule has 106 valence electrons. The van der Waals surface area contributed by atoms with Crippen LogP contribution in [-0.4, -0.2) is 31.1 Å². The summed E-state index contributed by atoms with van der Waals surface area (Å²) < 4.78 is 3.45. The van der Waals surface area contributed by atoms with Crippen molar-refractivity contribution in [3.63, 3.8) is 0 Å². The second-order valence-corrected chi connectivity index (χ2v) is 4.95. The zero-order chi connectivity index (χ0) is 14.5. The summed E-state index contributed by atoms with van der Waals surface area (Å²) in [4.78, 5) is 16.1. The molecule has 2 aromatic rings. The zero-order valence-electron chi connectivity index (χ0n) is 11.1.